The third-order valence-electron chi connectivity index (χ3n) is 3.24. The number of carbonyl (C=O) groups is 2. The molecule has 0 saturated carbocycles. The largest absolute Gasteiger partial charge is 0.478 e. The van der Waals surface area contributed by atoms with Gasteiger partial charge >= 0.3 is 12.1 Å². The topological polar surface area (TPSA) is 75.6 Å². The van der Waals surface area contributed by atoms with E-state index in [1.165, 1.54) is 0 Å². The second-order valence-electron chi connectivity index (χ2n) is 5.16. The molecule has 0 aliphatic heterocycles. The summed E-state index contributed by atoms with van der Waals surface area (Å²) in [5.41, 5.74) is 0.545. The Morgan fingerprint density at radius 2 is 1.96 bits per heavy atom. The smallest absolute Gasteiger partial charge is 0.407 e. The van der Waals surface area contributed by atoms with Gasteiger partial charge in [0.15, 0.2) is 0 Å². The molecule has 5 nitrogen and oxygen atoms in total. The fourth-order valence-corrected chi connectivity index (χ4v) is 2.21. The third-order valence-corrected chi connectivity index (χ3v) is 3.55. The number of alkyl carbamates (subject to hydrolysis) is 1. The zero-order chi connectivity index (χ0) is 18.9. The Morgan fingerprint density at radius 1 is 1.23 bits per heavy atom. The molecule has 2 N–H and O–H groups in total. The van der Waals surface area contributed by atoms with Crippen molar-refractivity contribution in [3.63, 3.8) is 0 Å². The Balaban J connectivity index is 1.79. The molecule has 0 spiro atoms. The number of benzene rings is 2. The number of rotatable bonds is 5. The minimum atomic E-state index is -1.31. The van der Waals surface area contributed by atoms with Crippen molar-refractivity contribution in [1.82, 2.24) is 5.32 Å². The van der Waals surface area contributed by atoms with Gasteiger partial charge in [-0.05, 0) is 17.7 Å². The van der Waals surface area contributed by atoms with Crippen LogP contribution in [0.3, 0.4) is 0 Å². The fourth-order valence-electron chi connectivity index (χ4n) is 1.97. The molecule has 0 aliphatic rings. The molecule has 0 aromatic heterocycles. The van der Waals surface area contributed by atoms with E-state index in [1.54, 1.807) is 0 Å². The van der Waals surface area contributed by atoms with E-state index in [-0.39, 0.29) is 35.7 Å². The molecule has 0 aliphatic carbocycles. The molecule has 0 fully saturated rings. The molecule has 0 atom stereocenters. The minimum absolute atomic E-state index is 0.00773. The van der Waals surface area contributed by atoms with Crippen LogP contribution in [0, 0.1) is 17.7 Å². The molecule has 26 heavy (non-hydrogen) atoms. The standard InChI is InChI=1S/C19H15ClFNO4/c20-16-10-14(17(21)11-15(16)18(23)24)8-4-5-9-22-19(25)26-12-13-6-2-1-3-7-13/h1-3,6-7,10-11H,5,9,12H2,(H,22,25)(H,23,24). The summed E-state index contributed by atoms with van der Waals surface area (Å²) in [6, 6.07) is 11.2. The number of carboxylic acid groups (broad SMARTS) is 1. The number of nitrogens with one attached hydrogen (secondary N) is 1. The second kappa shape index (κ2) is 9.44. The Morgan fingerprint density at radius 3 is 2.65 bits per heavy atom. The van der Waals surface area contributed by atoms with Crippen LogP contribution in [-0.2, 0) is 11.3 Å². The summed E-state index contributed by atoms with van der Waals surface area (Å²) in [5, 5.41) is 11.3. The number of ether oxygens (including phenoxy) is 1. The predicted octanol–water partition coefficient (Wildman–Crippen LogP) is 3.85. The quantitative estimate of drug-likeness (QED) is 0.615. The molecule has 2 aromatic rings. The summed E-state index contributed by atoms with van der Waals surface area (Å²) < 4.78 is 18.8. The van der Waals surface area contributed by atoms with Crippen molar-refractivity contribution in [2.24, 2.45) is 0 Å². The first-order valence-electron chi connectivity index (χ1n) is 7.63. The van der Waals surface area contributed by atoms with E-state index in [4.69, 9.17) is 21.4 Å². The SMILES string of the molecule is O=C(NCCC#Cc1cc(Cl)c(C(=O)O)cc1F)OCc1ccccc1. The van der Waals surface area contributed by atoms with Crippen LogP contribution in [0.5, 0.6) is 0 Å². The Kier molecular flexibility index (Phi) is 7.01. The Labute approximate surface area is 154 Å². The molecule has 134 valence electrons. The Bertz CT molecular complexity index is 859. The van der Waals surface area contributed by atoms with E-state index in [1.807, 2.05) is 30.3 Å². The van der Waals surface area contributed by atoms with E-state index in [0.29, 0.717) is 0 Å². The highest BCUT2D eigenvalue weighted by atomic mass is 35.5. The normalized spacial score (nSPS) is 9.77. The molecule has 0 unspecified atom stereocenters. The summed E-state index contributed by atoms with van der Waals surface area (Å²) in [7, 11) is 0. The van der Waals surface area contributed by atoms with Crippen LogP contribution in [0.2, 0.25) is 5.02 Å². The van der Waals surface area contributed by atoms with Gasteiger partial charge in [-0.2, -0.15) is 0 Å². The van der Waals surface area contributed by atoms with E-state index < -0.39 is 17.9 Å². The van der Waals surface area contributed by atoms with Gasteiger partial charge < -0.3 is 15.2 Å². The molecular formula is C19H15ClFNO4. The first kappa shape index (κ1) is 19.3. The van der Waals surface area contributed by atoms with Crippen LogP contribution >= 0.6 is 11.6 Å². The number of aromatic carboxylic acids is 1. The van der Waals surface area contributed by atoms with E-state index in [2.05, 4.69) is 17.2 Å². The van der Waals surface area contributed by atoms with Crippen LogP contribution < -0.4 is 5.32 Å². The summed E-state index contributed by atoms with van der Waals surface area (Å²) in [6.45, 7) is 0.390. The van der Waals surface area contributed by atoms with Crippen LogP contribution in [0.4, 0.5) is 9.18 Å². The molecule has 7 heteroatoms. The van der Waals surface area contributed by atoms with Gasteiger partial charge in [0.1, 0.15) is 12.4 Å². The van der Waals surface area contributed by atoms with Crippen molar-refractivity contribution in [2.75, 3.05) is 6.54 Å². The molecule has 0 heterocycles. The van der Waals surface area contributed by atoms with Crippen molar-refractivity contribution >= 4 is 23.7 Å². The maximum absolute atomic E-state index is 13.8. The number of carbonyl (C=O) groups excluding carboxylic acids is 1. The zero-order valence-corrected chi connectivity index (χ0v) is 14.3. The van der Waals surface area contributed by atoms with E-state index >= 15 is 0 Å². The lowest BCUT2D eigenvalue weighted by molar-refractivity contribution is 0.0696. The van der Waals surface area contributed by atoms with E-state index in [9.17, 15) is 14.0 Å². The number of hydrogen-bond acceptors (Lipinski definition) is 3. The van der Waals surface area contributed by atoms with Gasteiger partial charge in [-0.3, -0.25) is 0 Å². The molecule has 0 radical (unpaired) electrons. The van der Waals surface area contributed by atoms with Gasteiger partial charge in [-0.25, -0.2) is 14.0 Å². The first-order chi connectivity index (χ1) is 12.5. The number of hydrogen-bond donors (Lipinski definition) is 2. The number of halogens is 2. The summed E-state index contributed by atoms with van der Waals surface area (Å²) in [6.07, 6.45) is -0.311. The lowest BCUT2D eigenvalue weighted by Crippen LogP contribution is -2.24. The summed E-state index contributed by atoms with van der Waals surface area (Å²) in [5.74, 6) is 3.16. The van der Waals surface area contributed by atoms with Crippen LogP contribution in [0.25, 0.3) is 0 Å². The zero-order valence-electron chi connectivity index (χ0n) is 13.6. The van der Waals surface area contributed by atoms with Gasteiger partial charge in [-0.15, -0.1) is 0 Å². The highest BCUT2D eigenvalue weighted by Crippen LogP contribution is 2.20. The van der Waals surface area contributed by atoms with Gasteiger partial charge in [0.25, 0.3) is 0 Å². The van der Waals surface area contributed by atoms with Crippen molar-refractivity contribution in [2.45, 2.75) is 13.0 Å². The van der Waals surface area contributed by atoms with Gasteiger partial charge in [0, 0.05) is 13.0 Å². The molecule has 0 saturated heterocycles. The van der Waals surface area contributed by atoms with Crippen molar-refractivity contribution in [3.8, 4) is 11.8 Å². The third kappa shape index (κ3) is 5.80. The summed E-state index contributed by atoms with van der Waals surface area (Å²) in [4.78, 5) is 22.4. The lowest BCUT2D eigenvalue weighted by atomic mass is 10.1. The fraction of sp³-hybridized carbons (Fsp3) is 0.158. The molecule has 2 rings (SSSR count). The predicted molar refractivity (Wildman–Crippen MR) is 94.5 cm³/mol. The van der Waals surface area contributed by atoms with E-state index in [0.717, 1.165) is 17.7 Å². The second-order valence-corrected chi connectivity index (χ2v) is 5.56. The van der Waals surface area contributed by atoms with Crippen LogP contribution in [0.1, 0.15) is 27.9 Å². The van der Waals surface area contributed by atoms with Crippen molar-refractivity contribution in [1.29, 1.82) is 0 Å². The molecule has 0 bridgehead atoms. The van der Waals surface area contributed by atoms with Gasteiger partial charge in [-0.1, -0.05) is 53.8 Å². The molecule has 1 amide bonds. The minimum Gasteiger partial charge on any atom is -0.478 e. The van der Waals surface area contributed by atoms with Crippen LogP contribution in [-0.4, -0.2) is 23.7 Å². The molecule has 2 aromatic carbocycles. The maximum atomic E-state index is 13.8. The average Bonchev–Trinajstić information content (AvgIpc) is 2.62. The summed E-state index contributed by atoms with van der Waals surface area (Å²) >= 11 is 5.77. The number of carboxylic acids is 1. The lowest BCUT2D eigenvalue weighted by Gasteiger charge is -2.05. The average molecular weight is 376 g/mol. The van der Waals surface area contributed by atoms with Crippen molar-refractivity contribution in [3.05, 3.63) is 70.0 Å². The van der Waals surface area contributed by atoms with Crippen molar-refractivity contribution < 1.29 is 23.8 Å². The van der Waals surface area contributed by atoms with Gasteiger partial charge in [0.05, 0.1) is 16.1 Å². The molecular weight excluding hydrogens is 361 g/mol. The van der Waals surface area contributed by atoms with Gasteiger partial charge in [0.2, 0.25) is 0 Å². The monoisotopic (exact) mass is 375 g/mol. The number of amides is 1. The highest BCUT2D eigenvalue weighted by Gasteiger charge is 2.12. The highest BCUT2D eigenvalue weighted by molar-refractivity contribution is 6.33. The Hall–Kier alpha value is -3.04. The maximum Gasteiger partial charge on any atom is 0.407 e. The first-order valence-corrected chi connectivity index (χ1v) is 8.01. The van der Waals surface area contributed by atoms with Crippen LogP contribution in [0.15, 0.2) is 42.5 Å².